The van der Waals surface area contributed by atoms with E-state index in [1.165, 1.54) is 16.9 Å². The number of benzene rings is 2. The molecule has 128 valence electrons. The van der Waals surface area contributed by atoms with Crippen LogP contribution in [0.4, 0.5) is 5.13 Å². The molecule has 0 fully saturated rings. The molecule has 0 saturated carbocycles. The monoisotopic (exact) mass is 371 g/mol. The molecule has 0 unspecified atom stereocenters. The second-order valence-electron chi connectivity index (χ2n) is 5.64. The molecule has 0 radical (unpaired) electrons. The van der Waals surface area contributed by atoms with Crippen molar-refractivity contribution in [3.05, 3.63) is 64.7 Å². The normalized spacial score (nSPS) is 10.6. The molecule has 0 atom stereocenters. The minimum Gasteiger partial charge on any atom is -0.301 e. The number of aromatic nitrogens is 2. The van der Waals surface area contributed by atoms with Crippen molar-refractivity contribution in [2.45, 2.75) is 26.2 Å². The lowest BCUT2D eigenvalue weighted by Crippen LogP contribution is -2.12. The topological polar surface area (TPSA) is 54.9 Å². The second-order valence-corrected chi connectivity index (χ2v) is 7.05. The summed E-state index contributed by atoms with van der Waals surface area (Å²) in [6, 6.07) is 15.8. The maximum absolute atomic E-state index is 12.1. The molecule has 6 heteroatoms. The summed E-state index contributed by atoms with van der Waals surface area (Å²) >= 11 is 7.24. The first kappa shape index (κ1) is 17.6. The lowest BCUT2D eigenvalue weighted by Gasteiger charge is -2.03. The third-order valence-corrected chi connectivity index (χ3v) is 4.97. The zero-order chi connectivity index (χ0) is 17.6. The van der Waals surface area contributed by atoms with Crippen LogP contribution in [-0.2, 0) is 17.6 Å². The number of hydrogen-bond acceptors (Lipinski definition) is 4. The van der Waals surface area contributed by atoms with Gasteiger partial charge < -0.3 is 5.32 Å². The standard InChI is InChI=1S/C19H18ClN3OS/c1-2-13-3-5-14(6-4-13)7-12-17(24)21-19-23-22-18(25-19)15-8-10-16(20)11-9-15/h3-6,8-11H,2,7,12H2,1H3,(H,21,23,24). The molecular weight excluding hydrogens is 354 g/mol. The summed E-state index contributed by atoms with van der Waals surface area (Å²) in [6.45, 7) is 2.13. The summed E-state index contributed by atoms with van der Waals surface area (Å²) in [5, 5.41) is 12.9. The van der Waals surface area contributed by atoms with Gasteiger partial charge >= 0.3 is 0 Å². The highest BCUT2D eigenvalue weighted by atomic mass is 35.5. The van der Waals surface area contributed by atoms with Gasteiger partial charge in [0, 0.05) is 17.0 Å². The Balaban J connectivity index is 1.55. The Bertz CT molecular complexity index is 844. The van der Waals surface area contributed by atoms with E-state index in [2.05, 4.69) is 46.7 Å². The van der Waals surface area contributed by atoms with Crippen LogP contribution in [0.1, 0.15) is 24.5 Å². The number of carbonyl (C=O) groups is 1. The smallest absolute Gasteiger partial charge is 0.226 e. The Hall–Kier alpha value is -2.24. The highest BCUT2D eigenvalue weighted by molar-refractivity contribution is 7.18. The SMILES string of the molecule is CCc1ccc(CCC(=O)Nc2nnc(-c3ccc(Cl)cc3)s2)cc1. The Morgan fingerprint density at radius 1 is 1.04 bits per heavy atom. The van der Waals surface area contributed by atoms with Crippen molar-refractivity contribution in [1.29, 1.82) is 0 Å². The van der Waals surface area contributed by atoms with Crippen molar-refractivity contribution in [2.75, 3.05) is 5.32 Å². The van der Waals surface area contributed by atoms with Crippen molar-refractivity contribution in [1.82, 2.24) is 10.2 Å². The van der Waals surface area contributed by atoms with Crippen molar-refractivity contribution >= 4 is 34.0 Å². The molecule has 1 amide bonds. The molecule has 0 saturated heterocycles. The van der Waals surface area contributed by atoms with Gasteiger partial charge in [-0.15, -0.1) is 10.2 Å². The van der Waals surface area contributed by atoms with E-state index in [0.717, 1.165) is 22.6 Å². The van der Waals surface area contributed by atoms with Crippen LogP contribution in [0.25, 0.3) is 10.6 Å². The number of aryl methyl sites for hydroxylation is 2. The van der Waals surface area contributed by atoms with E-state index in [9.17, 15) is 4.79 Å². The summed E-state index contributed by atoms with van der Waals surface area (Å²) in [5.41, 5.74) is 3.39. The third kappa shape index (κ3) is 4.87. The van der Waals surface area contributed by atoms with Crippen LogP contribution < -0.4 is 5.32 Å². The van der Waals surface area contributed by atoms with Crippen molar-refractivity contribution in [2.24, 2.45) is 0 Å². The fraction of sp³-hybridized carbons (Fsp3) is 0.211. The molecule has 2 aromatic carbocycles. The van der Waals surface area contributed by atoms with Gasteiger partial charge in [-0.3, -0.25) is 4.79 Å². The summed E-state index contributed by atoms with van der Waals surface area (Å²) < 4.78 is 0. The lowest BCUT2D eigenvalue weighted by atomic mass is 10.1. The van der Waals surface area contributed by atoms with Crippen LogP contribution in [0.15, 0.2) is 48.5 Å². The fourth-order valence-electron chi connectivity index (χ4n) is 2.36. The molecule has 1 aromatic heterocycles. The first-order chi connectivity index (χ1) is 12.1. The molecular formula is C19H18ClN3OS. The number of carbonyl (C=O) groups excluding carboxylic acids is 1. The largest absolute Gasteiger partial charge is 0.301 e. The summed E-state index contributed by atoms with van der Waals surface area (Å²) in [7, 11) is 0. The summed E-state index contributed by atoms with van der Waals surface area (Å²) in [6.07, 6.45) is 2.15. The van der Waals surface area contributed by atoms with Gasteiger partial charge in [-0.25, -0.2) is 0 Å². The van der Waals surface area contributed by atoms with Crippen LogP contribution in [0.3, 0.4) is 0 Å². The number of amides is 1. The maximum Gasteiger partial charge on any atom is 0.226 e. The zero-order valence-electron chi connectivity index (χ0n) is 13.8. The maximum atomic E-state index is 12.1. The van der Waals surface area contributed by atoms with Crippen molar-refractivity contribution in [3.63, 3.8) is 0 Å². The van der Waals surface area contributed by atoms with Gasteiger partial charge in [0.15, 0.2) is 0 Å². The number of anilines is 1. The van der Waals surface area contributed by atoms with E-state index in [4.69, 9.17) is 11.6 Å². The van der Waals surface area contributed by atoms with Gasteiger partial charge in [0.05, 0.1) is 0 Å². The lowest BCUT2D eigenvalue weighted by molar-refractivity contribution is -0.116. The van der Waals surface area contributed by atoms with Crippen LogP contribution in [0, 0.1) is 0 Å². The van der Waals surface area contributed by atoms with Gasteiger partial charge in [0.1, 0.15) is 5.01 Å². The highest BCUT2D eigenvalue weighted by Gasteiger charge is 2.10. The van der Waals surface area contributed by atoms with Crippen molar-refractivity contribution < 1.29 is 4.79 Å². The fourth-order valence-corrected chi connectivity index (χ4v) is 3.26. The molecule has 0 aliphatic heterocycles. The number of rotatable bonds is 6. The molecule has 4 nitrogen and oxygen atoms in total. The van der Waals surface area contributed by atoms with Crippen LogP contribution in [0.2, 0.25) is 5.02 Å². The van der Waals surface area contributed by atoms with Gasteiger partial charge in [0.2, 0.25) is 11.0 Å². The van der Waals surface area contributed by atoms with E-state index >= 15 is 0 Å². The first-order valence-corrected chi connectivity index (χ1v) is 9.30. The molecule has 3 aromatic rings. The Morgan fingerprint density at radius 2 is 1.72 bits per heavy atom. The third-order valence-electron chi connectivity index (χ3n) is 3.83. The molecule has 3 rings (SSSR count). The Kier molecular flexibility index (Phi) is 5.79. The quantitative estimate of drug-likeness (QED) is 0.663. The van der Waals surface area contributed by atoms with Gasteiger partial charge in [0.25, 0.3) is 0 Å². The van der Waals surface area contributed by atoms with Crippen LogP contribution in [0.5, 0.6) is 0 Å². The molecule has 0 bridgehead atoms. The molecule has 1 N–H and O–H groups in total. The Labute approximate surface area is 155 Å². The van der Waals surface area contributed by atoms with Crippen LogP contribution in [-0.4, -0.2) is 16.1 Å². The highest BCUT2D eigenvalue weighted by Crippen LogP contribution is 2.27. The predicted octanol–water partition coefficient (Wildman–Crippen LogP) is 4.99. The van der Waals surface area contributed by atoms with E-state index < -0.39 is 0 Å². The molecule has 0 aliphatic rings. The summed E-state index contributed by atoms with van der Waals surface area (Å²) in [5.74, 6) is -0.0571. The van der Waals surface area contributed by atoms with Crippen molar-refractivity contribution in [3.8, 4) is 10.6 Å². The van der Waals surface area contributed by atoms with Gasteiger partial charge in [-0.05, 0) is 36.1 Å². The van der Waals surface area contributed by atoms with Crippen LogP contribution >= 0.6 is 22.9 Å². The number of hydrogen-bond donors (Lipinski definition) is 1. The molecule has 1 heterocycles. The minimum atomic E-state index is -0.0571. The average Bonchev–Trinajstić information content (AvgIpc) is 3.09. The van der Waals surface area contributed by atoms with E-state index in [0.29, 0.717) is 23.0 Å². The minimum absolute atomic E-state index is 0.0571. The second kappa shape index (κ2) is 8.23. The van der Waals surface area contributed by atoms with E-state index in [-0.39, 0.29) is 5.91 Å². The Morgan fingerprint density at radius 3 is 2.40 bits per heavy atom. The van der Waals surface area contributed by atoms with Gasteiger partial charge in [-0.1, -0.05) is 66.3 Å². The summed E-state index contributed by atoms with van der Waals surface area (Å²) in [4.78, 5) is 12.1. The van der Waals surface area contributed by atoms with Gasteiger partial charge in [-0.2, -0.15) is 0 Å². The number of nitrogens with one attached hydrogen (secondary N) is 1. The predicted molar refractivity (Wildman–Crippen MR) is 103 cm³/mol. The molecule has 25 heavy (non-hydrogen) atoms. The number of halogens is 1. The number of nitrogens with zero attached hydrogens (tertiary/aromatic N) is 2. The first-order valence-electron chi connectivity index (χ1n) is 8.11. The van der Waals surface area contributed by atoms with E-state index in [1.807, 2.05) is 12.1 Å². The average molecular weight is 372 g/mol. The zero-order valence-corrected chi connectivity index (χ0v) is 15.4. The molecule has 0 spiro atoms. The molecule has 0 aliphatic carbocycles. The van der Waals surface area contributed by atoms with E-state index in [1.54, 1.807) is 12.1 Å².